The van der Waals surface area contributed by atoms with Gasteiger partial charge in [-0.15, -0.1) is 0 Å². The van der Waals surface area contributed by atoms with Crippen molar-refractivity contribution in [3.8, 4) is 0 Å². The van der Waals surface area contributed by atoms with E-state index in [1.165, 1.54) is 0 Å². The summed E-state index contributed by atoms with van der Waals surface area (Å²) in [6.45, 7) is 0. The number of carbonyl (C=O) groups is 3. The van der Waals surface area contributed by atoms with Crippen molar-refractivity contribution >= 4 is 50.9 Å². The lowest BCUT2D eigenvalue weighted by atomic mass is 10.9. The standard InChI is InChI=1S/C3Cl3NO3/c4-1(8)7(2(5)9)3(6)10. The van der Waals surface area contributed by atoms with Gasteiger partial charge < -0.3 is 0 Å². The molecule has 0 unspecified atom stereocenters. The van der Waals surface area contributed by atoms with Crippen LogP contribution in [0.15, 0.2) is 0 Å². The van der Waals surface area contributed by atoms with Gasteiger partial charge in [0.15, 0.2) is 0 Å². The van der Waals surface area contributed by atoms with Gasteiger partial charge in [-0.3, -0.25) is 14.4 Å². The minimum Gasteiger partial charge on any atom is -0.254 e. The van der Waals surface area contributed by atoms with Gasteiger partial charge in [-0.2, -0.15) is 4.90 Å². The first-order chi connectivity index (χ1) is 4.46. The molecule has 0 aliphatic heterocycles. The molecule has 0 aromatic carbocycles. The lowest BCUT2D eigenvalue weighted by Gasteiger charge is -2.04. The van der Waals surface area contributed by atoms with E-state index in [1.807, 2.05) is 0 Å². The summed E-state index contributed by atoms with van der Waals surface area (Å²) in [6, 6.07) is 0. The summed E-state index contributed by atoms with van der Waals surface area (Å²) >= 11 is 14.1. The number of halogens is 3. The molecule has 0 spiro atoms. The Kier molecular flexibility index (Phi) is 3.63. The van der Waals surface area contributed by atoms with Crippen molar-refractivity contribution < 1.29 is 14.4 Å². The van der Waals surface area contributed by atoms with Crippen LogP contribution in [0.3, 0.4) is 0 Å². The average molecular weight is 204 g/mol. The van der Waals surface area contributed by atoms with Crippen LogP contribution >= 0.6 is 34.8 Å². The van der Waals surface area contributed by atoms with Crippen molar-refractivity contribution in [2.75, 3.05) is 0 Å². The number of imide groups is 3. The Balaban J connectivity index is 4.43. The molecule has 0 aliphatic rings. The van der Waals surface area contributed by atoms with Crippen LogP contribution in [0, 0.1) is 0 Å². The van der Waals surface area contributed by atoms with Crippen LogP contribution in [0.1, 0.15) is 0 Å². The van der Waals surface area contributed by atoms with Gasteiger partial charge in [-0.1, -0.05) is 0 Å². The van der Waals surface area contributed by atoms with E-state index in [-0.39, 0.29) is 4.90 Å². The van der Waals surface area contributed by atoms with Crippen LogP contribution in [0.5, 0.6) is 0 Å². The van der Waals surface area contributed by atoms with E-state index in [4.69, 9.17) is 34.8 Å². The molecule has 0 aliphatic carbocycles. The fraction of sp³-hybridized carbons (Fsp3) is 0. The highest BCUT2D eigenvalue weighted by molar-refractivity contribution is 6.78. The van der Waals surface area contributed by atoms with Crippen LogP contribution < -0.4 is 0 Å². The summed E-state index contributed by atoms with van der Waals surface area (Å²) in [5, 5.41) is -4.00. The van der Waals surface area contributed by atoms with E-state index in [0.29, 0.717) is 0 Å². The van der Waals surface area contributed by atoms with E-state index >= 15 is 0 Å². The molecule has 0 fully saturated rings. The largest absolute Gasteiger partial charge is 0.331 e. The Morgan fingerprint density at radius 1 is 0.800 bits per heavy atom. The Morgan fingerprint density at radius 3 is 1.00 bits per heavy atom. The minimum absolute atomic E-state index is 0.120. The predicted octanol–water partition coefficient (Wildman–Crippen LogP) is 2.36. The van der Waals surface area contributed by atoms with Gasteiger partial charge in [0.1, 0.15) is 0 Å². The molecule has 56 valence electrons. The third-order valence-electron chi connectivity index (χ3n) is 0.527. The molecule has 0 rings (SSSR count). The van der Waals surface area contributed by atoms with E-state index < -0.39 is 16.1 Å². The summed E-state index contributed by atoms with van der Waals surface area (Å²) in [5.41, 5.74) is 0. The number of amides is 3. The molecule has 3 amide bonds. The third kappa shape index (κ3) is 2.51. The van der Waals surface area contributed by atoms with Crippen molar-refractivity contribution in [3.05, 3.63) is 0 Å². The molecule has 0 aromatic rings. The second kappa shape index (κ2) is 3.75. The summed E-state index contributed by atoms with van der Waals surface area (Å²) < 4.78 is 0. The first kappa shape index (κ1) is 9.68. The zero-order valence-electron chi connectivity index (χ0n) is 4.31. The third-order valence-corrected chi connectivity index (χ3v) is 1.03. The number of nitrogens with zero attached hydrogens (tertiary/aromatic N) is 1. The fourth-order valence-corrected chi connectivity index (χ4v) is 0.798. The Morgan fingerprint density at radius 2 is 1.00 bits per heavy atom. The van der Waals surface area contributed by atoms with Gasteiger partial charge >= 0.3 is 16.1 Å². The molecule has 10 heavy (non-hydrogen) atoms. The average Bonchev–Trinajstić information content (AvgIpc) is 1.59. The highest BCUT2D eigenvalue weighted by Gasteiger charge is 2.23. The number of hydrogen-bond donors (Lipinski definition) is 0. The first-order valence-corrected chi connectivity index (χ1v) is 2.98. The summed E-state index contributed by atoms with van der Waals surface area (Å²) in [4.78, 5) is 30.2. The second-order valence-electron chi connectivity index (χ2n) is 1.09. The summed E-state index contributed by atoms with van der Waals surface area (Å²) in [7, 11) is 0. The molecule has 0 aromatic heterocycles. The molecule has 0 atom stereocenters. The van der Waals surface area contributed by atoms with Crippen molar-refractivity contribution in [3.63, 3.8) is 0 Å². The normalized spacial score (nSPS) is 8.70. The topological polar surface area (TPSA) is 54.5 Å². The molecule has 0 saturated heterocycles. The summed E-state index contributed by atoms with van der Waals surface area (Å²) in [6.07, 6.45) is 0. The highest BCUT2D eigenvalue weighted by atomic mass is 35.5. The first-order valence-electron chi connectivity index (χ1n) is 1.85. The molecule has 0 saturated carbocycles. The van der Waals surface area contributed by atoms with E-state index in [9.17, 15) is 14.4 Å². The SMILES string of the molecule is O=C(Cl)N(C(=O)Cl)C(=O)Cl. The monoisotopic (exact) mass is 203 g/mol. The van der Waals surface area contributed by atoms with Crippen LogP contribution in [0.25, 0.3) is 0 Å². The van der Waals surface area contributed by atoms with Crippen molar-refractivity contribution in [1.82, 2.24) is 4.90 Å². The van der Waals surface area contributed by atoms with Gasteiger partial charge in [-0.25, -0.2) is 0 Å². The van der Waals surface area contributed by atoms with Crippen LogP contribution in [-0.2, 0) is 0 Å². The lowest BCUT2D eigenvalue weighted by molar-refractivity contribution is 0.211. The van der Waals surface area contributed by atoms with E-state index in [1.54, 1.807) is 0 Å². The van der Waals surface area contributed by atoms with Crippen molar-refractivity contribution in [2.24, 2.45) is 0 Å². The zero-order chi connectivity index (χ0) is 8.31. The second-order valence-corrected chi connectivity index (χ2v) is 2.06. The Bertz CT molecular complexity index is 158. The summed E-state index contributed by atoms with van der Waals surface area (Å²) in [5.74, 6) is 0. The number of hydrogen-bond acceptors (Lipinski definition) is 3. The van der Waals surface area contributed by atoms with Crippen molar-refractivity contribution in [2.45, 2.75) is 0 Å². The minimum atomic E-state index is -1.33. The Hall–Kier alpha value is -0.320. The number of rotatable bonds is 0. The molecular formula is C3Cl3NO3. The van der Waals surface area contributed by atoms with Gasteiger partial charge in [0.05, 0.1) is 0 Å². The van der Waals surface area contributed by atoms with E-state index in [0.717, 1.165) is 0 Å². The maximum absolute atomic E-state index is 10.1. The maximum Gasteiger partial charge on any atom is 0.331 e. The highest BCUT2D eigenvalue weighted by Crippen LogP contribution is 2.05. The van der Waals surface area contributed by atoms with Gasteiger partial charge in [0.2, 0.25) is 0 Å². The Labute approximate surface area is 70.6 Å². The van der Waals surface area contributed by atoms with Crippen LogP contribution in [-0.4, -0.2) is 21.0 Å². The maximum atomic E-state index is 10.1. The van der Waals surface area contributed by atoms with Crippen LogP contribution in [0.4, 0.5) is 14.4 Å². The van der Waals surface area contributed by atoms with Gasteiger partial charge in [0, 0.05) is 0 Å². The molecule has 0 radical (unpaired) electrons. The van der Waals surface area contributed by atoms with E-state index in [2.05, 4.69) is 0 Å². The fourth-order valence-electron chi connectivity index (χ4n) is 0.207. The predicted molar refractivity (Wildman–Crippen MR) is 35.6 cm³/mol. The molecule has 0 bridgehead atoms. The van der Waals surface area contributed by atoms with Gasteiger partial charge in [-0.05, 0) is 34.8 Å². The molecule has 0 N–H and O–H groups in total. The van der Waals surface area contributed by atoms with Crippen molar-refractivity contribution in [1.29, 1.82) is 0 Å². The molecule has 0 heterocycles. The molecule has 7 heteroatoms. The molecule has 4 nitrogen and oxygen atoms in total. The quantitative estimate of drug-likeness (QED) is 0.449. The number of carbonyl (C=O) groups excluding carboxylic acids is 3. The zero-order valence-corrected chi connectivity index (χ0v) is 6.57. The van der Waals surface area contributed by atoms with Gasteiger partial charge in [0.25, 0.3) is 0 Å². The van der Waals surface area contributed by atoms with Crippen LogP contribution in [0.2, 0.25) is 0 Å². The lowest BCUT2D eigenvalue weighted by Crippen LogP contribution is -2.30. The smallest absolute Gasteiger partial charge is 0.254 e. The molecular weight excluding hydrogens is 204 g/mol.